The van der Waals surface area contributed by atoms with E-state index in [0.717, 1.165) is 25.0 Å². The molecule has 2 aliphatic carbocycles. The third-order valence-electron chi connectivity index (χ3n) is 5.00. The molecule has 3 rings (SSSR count). The summed E-state index contributed by atoms with van der Waals surface area (Å²) in [6.07, 6.45) is 8.32. The molecule has 0 aliphatic heterocycles. The van der Waals surface area contributed by atoms with Crippen LogP contribution in [0.15, 0.2) is 29.2 Å². The van der Waals surface area contributed by atoms with Crippen molar-refractivity contribution in [3.63, 3.8) is 0 Å². The lowest BCUT2D eigenvalue weighted by Gasteiger charge is -2.55. The number of hydrogen-bond donors (Lipinski definition) is 0. The monoisotopic (exact) mass is 328 g/mol. The highest BCUT2D eigenvalue weighted by Crippen LogP contribution is 2.55. The van der Waals surface area contributed by atoms with Crippen molar-refractivity contribution in [3.8, 4) is 5.75 Å². The van der Waals surface area contributed by atoms with E-state index in [4.69, 9.17) is 16.3 Å². The first kappa shape index (κ1) is 15.2. The summed E-state index contributed by atoms with van der Waals surface area (Å²) in [7, 11) is -3.15. The summed E-state index contributed by atoms with van der Waals surface area (Å²) in [5.41, 5.74) is 0.134. The van der Waals surface area contributed by atoms with Gasteiger partial charge in [-0.05, 0) is 37.1 Å². The lowest BCUT2D eigenvalue weighted by atomic mass is 9.58. The van der Waals surface area contributed by atoms with Crippen LogP contribution in [0.5, 0.6) is 5.75 Å². The maximum atomic E-state index is 11.5. The number of alkyl halides is 1. The molecular weight excluding hydrogens is 308 g/mol. The predicted molar refractivity (Wildman–Crippen MR) is 83.7 cm³/mol. The van der Waals surface area contributed by atoms with Crippen LogP contribution in [0.4, 0.5) is 0 Å². The number of sulfone groups is 1. The number of halogens is 1. The predicted octanol–water partition coefficient (Wildman–Crippen LogP) is 3.80. The van der Waals surface area contributed by atoms with E-state index < -0.39 is 9.84 Å². The zero-order valence-electron chi connectivity index (χ0n) is 12.2. The zero-order valence-corrected chi connectivity index (χ0v) is 13.8. The molecule has 2 aliphatic rings. The van der Waals surface area contributed by atoms with Gasteiger partial charge in [-0.3, -0.25) is 0 Å². The van der Waals surface area contributed by atoms with Crippen LogP contribution < -0.4 is 4.74 Å². The van der Waals surface area contributed by atoms with Crippen LogP contribution in [-0.2, 0) is 9.84 Å². The van der Waals surface area contributed by atoms with E-state index in [2.05, 4.69) is 0 Å². The highest BCUT2D eigenvalue weighted by atomic mass is 35.5. The third-order valence-corrected chi connectivity index (χ3v) is 6.74. The van der Waals surface area contributed by atoms with Crippen LogP contribution in [0.3, 0.4) is 0 Å². The maximum absolute atomic E-state index is 11.5. The van der Waals surface area contributed by atoms with Crippen molar-refractivity contribution in [2.45, 2.75) is 54.9 Å². The molecule has 3 nitrogen and oxygen atoms in total. The first-order chi connectivity index (χ1) is 9.92. The molecule has 5 heteroatoms. The average Bonchev–Trinajstić information content (AvgIpc) is 2.47. The van der Waals surface area contributed by atoms with Gasteiger partial charge in [0.25, 0.3) is 0 Å². The van der Waals surface area contributed by atoms with Crippen LogP contribution in [-0.4, -0.2) is 26.2 Å². The van der Waals surface area contributed by atoms with E-state index in [9.17, 15) is 8.42 Å². The minimum atomic E-state index is -3.15. The lowest BCUT2D eigenvalue weighted by molar-refractivity contribution is -0.0650. The summed E-state index contributed by atoms with van der Waals surface area (Å²) in [6.45, 7) is 0. The number of hydrogen-bond acceptors (Lipinski definition) is 3. The van der Waals surface area contributed by atoms with Crippen molar-refractivity contribution < 1.29 is 13.2 Å². The van der Waals surface area contributed by atoms with Crippen LogP contribution in [0.1, 0.15) is 38.5 Å². The standard InChI is InChI=1S/C16H21ClO3S/c1-21(18,19)13-7-5-12(6-8-13)20-15-11-14(17)16(15)9-3-2-4-10-16/h5-8,14-15H,2-4,9-11H2,1H3. The molecule has 2 atom stereocenters. The van der Waals surface area contributed by atoms with Gasteiger partial charge in [-0.15, -0.1) is 11.6 Å². The Morgan fingerprint density at radius 2 is 1.76 bits per heavy atom. The highest BCUT2D eigenvalue weighted by Gasteiger charge is 2.55. The van der Waals surface area contributed by atoms with E-state index in [1.807, 2.05) is 0 Å². The fraction of sp³-hybridized carbons (Fsp3) is 0.625. The molecule has 0 radical (unpaired) electrons. The first-order valence-corrected chi connectivity index (χ1v) is 9.85. The van der Waals surface area contributed by atoms with Crippen molar-refractivity contribution in [3.05, 3.63) is 24.3 Å². The molecule has 2 fully saturated rings. The SMILES string of the molecule is CS(=O)(=O)c1ccc(OC2CC(Cl)C23CCCCC3)cc1. The number of ether oxygens (including phenoxy) is 1. The van der Waals surface area contributed by atoms with Gasteiger partial charge in [-0.1, -0.05) is 19.3 Å². The average molecular weight is 329 g/mol. The molecule has 0 amide bonds. The number of rotatable bonds is 3. The van der Waals surface area contributed by atoms with Crippen LogP contribution >= 0.6 is 11.6 Å². The summed E-state index contributed by atoms with van der Waals surface area (Å²) in [5, 5.41) is 0.220. The minimum Gasteiger partial charge on any atom is -0.490 e. The van der Waals surface area contributed by atoms with E-state index in [1.54, 1.807) is 24.3 Å². The Morgan fingerprint density at radius 1 is 1.14 bits per heavy atom. The largest absolute Gasteiger partial charge is 0.490 e. The van der Waals surface area contributed by atoms with Crippen LogP contribution in [0, 0.1) is 5.41 Å². The topological polar surface area (TPSA) is 43.4 Å². The second-order valence-electron chi connectivity index (χ2n) is 6.35. The van der Waals surface area contributed by atoms with Gasteiger partial charge in [0.05, 0.1) is 4.90 Å². The Labute approximate surface area is 131 Å². The molecule has 116 valence electrons. The van der Waals surface area contributed by atoms with Gasteiger partial charge in [-0.25, -0.2) is 8.42 Å². The third kappa shape index (κ3) is 2.80. The minimum absolute atomic E-state index is 0.134. The highest BCUT2D eigenvalue weighted by molar-refractivity contribution is 7.90. The van der Waals surface area contributed by atoms with E-state index in [1.165, 1.54) is 25.5 Å². The fourth-order valence-corrected chi connectivity index (χ4v) is 4.79. The normalized spacial score (nSPS) is 28.1. The van der Waals surface area contributed by atoms with Crippen molar-refractivity contribution >= 4 is 21.4 Å². The zero-order chi connectivity index (χ0) is 15.1. The number of benzene rings is 1. The van der Waals surface area contributed by atoms with Gasteiger partial charge < -0.3 is 4.74 Å². The van der Waals surface area contributed by atoms with E-state index in [0.29, 0.717) is 4.90 Å². The molecule has 1 aromatic carbocycles. The van der Waals surface area contributed by atoms with Gasteiger partial charge in [0.1, 0.15) is 11.9 Å². The van der Waals surface area contributed by atoms with Gasteiger partial charge in [0.15, 0.2) is 9.84 Å². The molecular formula is C16H21ClO3S. The molecule has 2 saturated carbocycles. The smallest absolute Gasteiger partial charge is 0.175 e. The molecule has 0 bridgehead atoms. The Kier molecular flexibility index (Phi) is 3.95. The van der Waals surface area contributed by atoms with Crippen molar-refractivity contribution in [1.82, 2.24) is 0 Å². The fourth-order valence-electron chi connectivity index (χ4n) is 3.64. The second kappa shape index (κ2) is 5.47. The van der Waals surface area contributed by atoms with Gasteiger partial charge in [0.2, 0.25) is 0 Å². The Hall–Kier alpha value is -0.740. The van der Waals surface area contributed by atoms with E-state index >= 15 is 0 Å². The second-order valence-corrected chi connectivity index (χ2v) is 8.89. The molecule has 0 saturated heterocycles. The molecule has 1 spiro atoms. The van der Waals surface area contributed by atoms with Crippen molar-refractivity contribution in [2.24, 2.45) is 5.41 Å². The van der Waals surface area contributed by atoms with Crippen LogP contribution in [0.2, 0.25) is 0 Å². The summed E-state index contributed by atoms with van der Waals surface area (Å²) < 4.78 is 29.0. The summed E-state index contributed by atoms with van der Waals surface area (Å²) in [5.74, 6) is 0.737. The quantitative estimate of drug-likeness (QED) is 0.793. The van der Waals surface area contributed by atoms with Gasteiger partial charge in [0, 0.05) is 23.5 Å². The maximum Gasteiger partial charge on any atom is 0.175 e. The van der Waals surface area contributed by atoms with Gasteiger partial charge >= 0.3 is 0 Å². The summed E-state index contributed by atoms with van der Waals surface area (Å²) >= 11 is 6.47. The summed E-state index contributed by atoms with van der Waals surface area (Å²) in [4.78, 5) is 0.325. The lowest BCUT2D eigenvalue weighted by Crippen LogP contribution is -2.58. The first-order valence-electron chi connectivity index (χ1n) is 7.53. The molecule has 0 N–H and O–H groups in total. The Morgan fingerprint density at radius 3 is 2.29 bits per heavy atom. The molecule has 0 aromatic heterocycles. The molecule has 1 aromatic rings. The van der Waals surface area contributed by atoms with Crippen molar-refractivity contribution in [2.75, 3.05) is 6.26 Å². The van der Waals surface area contributed by atoms with Crippen LogP contribution in [0.25, 0.3) is 0 Å². The molecule has 21 heavy (non-hydrogen) atoms. The summed E-state index contributed by atoms with van der Waals surface area (Å²) in [6, 6.07) is 6.70. The molecule has 2 unspecified atom stereocenters. The van der Waals surface area contributed by atoms with Gasteiger partial charge in [-0.2, -0.15) is 0 Å². The van der Waals surface area contributed by atoms with Crippen molar-refractivity contribution in [1.29, 1.82) is 0 Å². The molecule has 0 heterocycles. The Balaban J connectivity index is 1.72. The van der Waals surface area contributed by atoms with E-state index in [-0.39, 0.29) is 16.9 Å². The Bertz CT molecular complexity index is 603.